The number of ether oxygens (including phenoxy) is 1. The zero-order valence-corrected chi connectivity index (χ0v) is 14.2. The molecule has 2 aromatic rings. The maximum absolute atomic E-state index is 13.1. The van der Waals surface area contributed by atoms with Crippen molar-refractivity contribution < 1.29 is 18.7 Å². The van der Waals surface area contributed by atoms with E-state index in [1.165, 1.54) is 36.1 Å². The molecule has 0 unspecified atom stereocenters. The molecule has 25 heavy (non-hydrogen) atoms. The molecule has 5 heteroatoms. The van der Waals surface area contributed by atoms with Gasteiger partial charge in [0.15, 0.2) is 6.10 Å². The Morgan fingerprint density at radius 1 is 1.16 bits per heavy atom. The highest BCUT2D eigenvalue weighted by atomic mass is 19.1. The van der Waals surface area contributed by atoms with Crippen LogP contribution in [-0.4, -0.2) is 29.9 Å². The summed E-state index contributed by atoms with van der Waals surface area (Å²) in [6.45, 7) is 1.96. The van der Waals surface area contributed by atoms with Crippen LogP contribution in [0.15, 0.2) is 60.7 Å². The number of likely N-dealkylation sites (N-methyl/N-ethyl adjacent to an activating group) is 1. The minimum absolute atomic E-state index is 0.295. The molecule has 0 fully saturated rings. The first-order valence-electron chi connectivity index (χ1n) is 7.89. The highest BCUT2D eigenvalue weighted by Gasteiger charge is 2.20. The van der Waals surface area contributed by atoms with Crippen molar-refractivity contribution in [1.29, 1.82) is 0 Å². The Hall–Kier alpha value is -2.95. The lowest BCUT2D eigenvalue weighted by Crippen LogP contribution is -2.36. The van der Waals surface area contributed by atoms with Crippen LogP contribution in [0.1, 0.15) is 18.1 Å². The van der Waals surface area contributed by atoms with E-state index in [4.69, 9.17) is 4.74 Å². The lowest BCUT2D eigenvalue weighted by molar-refractivity contribution is -0.154. The fraction of sp³-hybridized carbons (Fsp3) is 0.200. The van der Waals surface area contributed by atoms with Crippen LogP contribution in [0.3, 0.4) is 0 Å². The van der Waals surface area contributed by atoms with Gasteiger partial charge in [0.25, 0.3) is 5.91 Å². The lowest BCUT2D eigenvalue weighted by atomic mass is 10.2. The standard InChI is InChI=1S/C20H20FNO3/c1-15(20(24)22(2)14-17-7-4-3-5-8-17)25-19(23)12-11-16-9-6-10-18(21)13-16/h3-13,15H,14H2,1-2H3/b12-11+/t15-/m0/s1. The maximum atomic E-state index is 13.1. The van der Waals surface area contributed by atoms with Gasteiger partial charge in [-0.2, -0.15) is 0 Å². The number of esters is 1. The van der Waals surface area contributed by atoms with Gasteiger partial charge in [-0.15, -0.1) is 0 Å². The molecule has 0 radical (unpaired) electrons. The number of carbonyl (C=O) groups is 2. The van der Waals surface area contributed by atoms with E-state index >= 15 is 0 Å². The van der Waals surface area contributed by atoms with Gasteiger partial charge in [-0.25, -0.2) is 9.18 Å². The summed E-state index contributed by atoms with van der Waals surface area (Å²) in [4.78, 5) is 25.6. The molecule has 0 saturated carbocycles. The maximum Gasteiger partial charge on any atom is 0.331 e. The lowest BCUT2D eigenvalue weighted by Gasteiger charge is -2.21. The molecular formula is C20H20FNO3. The van der Waals surface area contributed by atoms with Crippen LogP contribution in [-0.2, 0) is 20.9 Å². The number of benzene rings is 2. The first kappa shape index (κ1) is 18.4. The van der Waals surface area contributed by atoms with Gasteiger partial charge >= 0.3 is 5.97 Å². The van der Waals surface area contributed by atoms with Gasteiger partial charge in [0.05, 0.1) is 0 Å². The summed E-state index contributed by atoms with van der Waals surface area (Å²) in [6.07, 6.45) is 1.71. The second kappa shape index (κ2) is 8.78. The molecule has 2 aromatic carbocycles. The van der Waals surface area contributed by atoms with Crippen LogP contribution in [0.25, 0.3) is 6.08 Å². The van der Waals surface area contributed by atoms with Gasteiger partial charge in [0, 0.05) is 19.7 Å². The molecule has 130 valence electrons. The molecule has 1 amide bonds. The predicted octanol–water partition coefficient (Wildman–Crippen LogP) is 3.43. The van der Waals surface area contributed by atoms with Crippen molar-refractivity contribution in [3.63, 3.8) is 0 Å². The van der Waals surface area contributed by atoms with Crippen molar-refractivity contribution in [2.24, 2.45) is 0 Å². The summed E-state index contributed by atoms with van der Waals surface area (Å²) in [7, 11) is 1.66. The Balaban J connectivity index is 1.88. The topological polar surface area (TPSA) is 46.6 Å². The third-order valence-corrected chi connectivity index (χ3v) is 3.54. The summed E-state index contributed by atoms with van der Waals surface area (Å²) in [5.74, 6) is -1.34. The number of carbonyl (C=O) groups excluding carboxylic acids is 2. The minimum atomic E-state index is -0.904. The van der Waals surface area contributed by atoms with E-state index in [9.17, 15) is 14.0 Å². The van der Waals surface area contributed by atoms with Gasteiger partial charge in [0.2, 0.25) is 0 Å². The van der Waals surface area contributed by atoms with Crippen molar-refractivity contribution in [3.8, 4) is 0 Å². The van der Waals surface area contributed by atoms with Gasteiger partial charge in [0.1, 0.15) is 5.82 Å². The summed E-state index contributed by atoms with van der Waals surface area (Å²) < 4.78 is 18.2. The molecule has 1 atom stereocenters. The zero-order chi connectivity index (χ0) is 18.2. The fourth-order valence-corrected chi connectivity index (χ4v) is 2.28. The van der Waals surface area contributed by atoms with Crippen molar-refractivity contribution in [3.05, 3.63) is 77.6 Å². The second-order valence-electron chi connectivity index (χ2n) is 5.65. The van der Waals surface area contributed by atoms with Crippen LogP contribution >= 0.6 is 0 Å². The normalized spacial score (nSPS) is 12.0. The quantitative estimate of drug-likeness (QED) is 0.597. The Bertz CT molecular complexity index is 759. The molecule has 0 bridgehead atoms. The summed E-state index contributed by atoms with van der Waals surface area (Å²) in [5, 5.41) is 0. The molecule has 0 aromatic heterocycles. The molecule has 4 nitrogen and oxygen atoms in total. The van der Waals surface area contributed by atoms with E-state index in [-0.39, 0.29) is 11.7 Å². The Labute approximate surface area is 146 Å². The van der Waals surface area contributed by atoms with Gasteiger partial charge in [-0.1, -0.05) is 42.5 Å². The SMILES string of the molecule is C[C@H](OC(=O)/C=C/c1cccc(F)c1)C(=O)N(C)Cc1ccccc1. The average Bonchev–Trinajstić information content (AvgIpc) is 2.60. The Kier molecular flexibility index (Phi) is 6.46. The first-order valence-corrected chi connectivity index (χ1v) is 7.89. The van der Waals surface area contributed by atoms with Gasteiger partial charge < -0.3 is 9.64 Å². The van der Waals surface area contributed by atoms with Crippen LogP contribution in [0, 0.1) is 5.82 Å². The highest BCUT2D eigenvalue weighted by molar-refractivity contribution is 5.90. The number of halogens is 1. The van der Waals surface area contributed by atoms with Crippen molar-refractivity contribution in [1.82, 2.24) is 4.90 Å². The molecule has 0 aliphatic heterocycles. The largest absolute Gasteiger partial charge is 0.449 e. The van der Waals surface area contributed by atoms with Crippen LogP contribution < -0.4 is 0 Å². The molecule has 0 aliphatic rings. The number of nitrogens with zero attached hydrogens (tertiary/aromatic N) is 1. The highest BCUT2D eigenvalue weighted by Crippen LogP contribution is 2.08. The van der Waals surface area contributed by atoms with E-state index in [2.05, 4.69) is 0 Å². The number of hydrogen-bond donors (Lipinski definition) is 0. The molecule has 0 spiro atoms. The van der Waals surface area contributed by atoms with E-state index in [0.717, 1.165) is 5.56 Å². The van der Waals surface area contributed by atoms with E-state index in [1.54, 1.807) is 19.2 Å². The Morgan fingerprint density at radius 3 is 2.56 bits per heavy atom. The van der Waals surface area contributed by atoms with Crippen molar-refractivity contribution >= 4 is 18.0 Å². The predicted molar refractivity (Wildman–Crippen MR) is 93.9 cm³/mol. The smallest absolute Gasteiger partial charge is 0.331 e. The van der Waals surface area contributed by atoms with E-state index in [1.807, 2.05) is 30.3 Å². The van der Waals surface area contributed by atoms with E-state index < -0.39 is 12.1 Å². The van der Waals surface area contributed by atoms with Crippen molar-refractivity contribution in [2.45, 2.75) is 19.6 Å². The fourth-order valence-electron chi connectivity index (χ4n) is 2.28. The number of rotatable bonds is 6. The second-order valence-corrected chi connectivity index (χ2v) is 5.65. The summed E-state index contributed by atoms with van der Waals surface area (Å²) in [5.41, 5.74) is 1.53. The molecule has 0 N–H and O–H groups in total. The van der Waals surface area contributed by atoms with Gasteiger partial charge in [-0.05, 0) is 36.3 Å². The summed E-state index contributed by atoms with van der Waals surface area (Å²) >= 11 is 0. The molecular weight excluding hydrogens is 321 g/mol. The zero-order valence-electron chi connectivity index (χ0n) is 14.2. The third-order valence-electron chi connectivity index (χ3n) is 3.54. The van der Waals surface area contributed by atoms with Crippen LogP contribution in [0.2, 0.25) is 0 Å². The minimum Gasteiger partial charge on any atom is -0.449 e. The first-order chi connectivity index (χ1) is 12.0. The van der Waals surface area contributed by atoms with Crippen LogP contribution in [0.5, 0.6) is 0 Å². The number of amides is 1. The molecule has 0 heterocycles. The van der Waals surface area contributed by atoms with Gasteiger partial charge in [-0.3, -0.25) is 4.79 Å². The van der Waals surface area contributed by atoms with Crippen molar-refractivity contribution in [2.75, 3.05) is 7.05 Å². The average molecular weight is 341 g/mol. The molecule has 2 rings (SSSR count). The van der Waals surface area contributed by atoms with E-state index in [0.29, 0.717) is 12.1 Å². The number of hydrogen-bond acceptors (Lipinski definition) is 3. The molecule has 0 aliphatic carbocycles. The Morgan fingerprint density at radius 2 is 1.88 bits per heavy atom. The van der Waals surface area contributed by atoms with Crippen LogP contribution in [0.4, 0.5) is 4.39 Å². The summed E-state index contributed by atoms with van der Waals surface area (Å²) in [6, 6.07) is 15.4. The third kappa shape index (κ3) is 5.88. The molecule has 0 saturated heterocycles. The monoisotopic (exact) mass is 341 g/mol.